The van der Waals surface area contributed by atoms with Gasteiger partial charge in [0.2, 0.25) is 0 Å². The van der Waals surface area contributed by atoms with Crippen LogP contribution in [-0.4, -0.2) is 0 Å². The molecule has 13 heteroatoms. The van der Waals surface area contributed by atoms with Crippen LogP contribution in [0.1, 0.15) is 0 Å². The van der Waals surface area contributed by atoms with Gasteiger partial charge in [0.1, 0.15) is 0 Å². The van der Waals surface area contributed by atoms with Gasteiger partial charge in [-0.2, -0.15) is 0 Å². The van der Waals surface area contributed by atoms with Gasteiger partial charge in [-0.05, 0) is 0 Å². The van der Waals surface area contributed by atoms with Crippen molar-refractivity contribution in [2.24, 2.45) is 0 Å². The molecule has 0 N–H and O–H groups in total. The summed E-state index contributed by atoms with van der Waals surface area (Å²) in [6, 6.07) is 0. The van der Waals surface area contributed by atoms with Crippen molar-refractivity contribution in [3.8, 4) is 0 Å². The molecule has 7 nitrogen and oxygen atoms in total. The van der Waals surface area contributed by atoms with Crippen molar-refractivity contribution < 1.29 is 140 Å². The second-order valence-electron chi connectivity index (χ2n) is 0. The van der Waals surface area contributed by atoms with Gasteiger partial charge in [-0.25, -0.2) is 0 Å². The molecule has 0 unspecified atom stereocenters. The van der Waals surface area contributed by atoms with E-state index >= 15 is 0 Å². The maximum absolute atomic E-state index is 0. The predicted octanol–water partition coefficient (Wildman–Crippen LogP) is -0.847. The van der Waals surface area contributed by atoms with Gasteiger partial charge in [0.25, 0.3) is 0 Å². The Hall–Kier alpha value is 2.78. The summed E-state index contributed by atoms with van der Waals surface area (Å²) in [5.41, 5.74) is 0. The van der Waals surface area contributed by atoms with Gasteiger partial charge in [0.15, 0.2) is 0 Å². The van der Waals surface area contributed by atoms with Crippen molar-refractivity contribution in [1.29, 1.82) is 0 Å². The maximum Gasteiger partial charge on any atom is 3.00 e. The van der Waals surface area contributed by atoms with Crippen LogP contribution in [0.5, 0.6) is 0 Å². The van der Waals surface area contributed by atoms with E-state index < -0.39 is 0 Å². The molecule has 92 valence electrons. The van der Waals surface area contributed by atoms with E-state index in [1.54, 1.807) is 0 Å². The standard InChI is InChI=1S/2Fe.2Mn.2Ni.7O/q2*+3;4*+2;7*-2. The predicted molar refractivity (Wildman–Crippen MR) is 4.81 cm³/mol. The molecule has 0 bridgehead atoms. The Bertz CT molecular complexity index is 22.5. The van der Waals surface area contributed by atoms with E-state index in [-0.39, 0.29) is 140 Å². The van der Waals surface area contributed by atoms with Crippen LogP contribution < -0.4 is 0 Å². The molecular weight excluding hydrogens is 451 g/mol. The van der Waals surface area contributed by atoms with E-state index in [1.165, 1.54) is 0 Å². The monoisotopic (exact) mass is 450 g/mol. The molecule has 4 radical (unpaired) electrons. The Balaban J connectivity index is 0. The zero-order chi connectivity index (χ0) is 0. The summed E-state index contributed by atoms with van der Waals surface area (Å²) in [6.45, 7) is 0. The molecule has 0 aromatic rings. The fourth-order valence-corrected chi connectivity index (χ4v) is 0. The fraction of sp³-hybridized carbons (Fsp3) is 0. The van der Waals surface area contributed by atoms with Crippen LogP contribution in [0, 0.1) is 0 Å². The maximum atomic E-state index is 0. The summed E-state index contributed by atoms with van der Waals surface area (Å²) in [4.78, 5) is 0. The zero-order valence-corrected chi connectivity index (χ0v) is 11.5. The van der Waals surface area contributed by atoms with Crippen molar-refractivity contribution >= 4 is 0 Å². The van der Waals surface area contributed by atoms with Crippen LogP contribution in [0.4, 0.5) is 0 Å². The Labute approximate surface area is 138 Å². The summed E-state index contributed by atoms with van der Waals surface area (Å²) in [5.74, 6) is 0. The third-order valence-electron chi connectivity index (χ3n) is 0. The van der Waals surface area contributed by atoms with Gasteiger partial charge >= 0.3 is 101 Å². The minimum atomic E-state index is 0. The van der Waals surface area contributed by atoms with E-state index in [9.17, 15) is 0 Å². The van der Waals surface area contributed by atoms with Gasteiger partial charge < -0.3 is 38.3 Å². The van der Waals surface area contributed by atoms with Gasteiger partial charge in [-0.15, -0.1) is 0 Å². The normalized spacial score (nSPS) is 0. The molecule has 0 saturated carbocycles. The summed E-state index contributed by atoms with van der Waals surface area (Å²) in [7, 11) is 0. The molecule has 0 spiro atoms. The van der Waals surface area contributed by atoms with Crippen molar-refractivity contribution in [1.82, 2.24) is 0 Å². The van der Waals surface area contributed by atoms with Gasteiger partial charge in [0, 0.05) is 0 Å². The van der Waals surface area contributed by atoms with Crippen LogP contribution in [0.2, 0.25) is 0 Å². The first-order chi connectivity index (χ1) is 0. The van der Waals surface area contributed by atoms with Gasteiger partial charge in [-0.1, -0.05) is 0 Å². The molecule has 0 aliphatic heterocycles. The molecule has 0 aliphatic carbocycles. The average molecular weight is 451 g/mol. The zero-order valence-electron chi connectivity index (χ0n) is 4.95. The minimum absolute atomic E-state index is 0. The molecular formula is Fe2Mn2Ni2O7. The molecule has 0 heterocycles. The van der Waals surface area contributed by atoms with Gasteiger partial charge in [0.05, 0.1) is 0 Å². The van der Waals surface area contributed by atoms with E-state index in [0.29, 0.717) is 0 Å². The molecule has 0 amide bonds. The molecule has 0 atom stereocenters. The fourth-order valence-electron chi connectivity index (χ4n) is 0. The molecule has 0 aromatic carbocycles. The van der Waals surface area contributed by atoms with E-state index in [2.05, 4.69) is 0 Å². The van der Waals surface area contributed by atoms with Crippen LogP contribution in [0.3, 0.4) is 0 Å². The van der Waals surface area contributed by atoms with E-state index in [4.69, 9.17) is 0 Å². The van der Waals surface area contributed by atoms with E-state index in [0.717, 1.165) is 0 Å². The van der Waals surface area contributed by atoms with Crippen molar-refractivity contribution in [3.05, 3.63) is 0 Å². The number of hydrogen-bond acceptors (Lipinski definition) is 0. The molecule has 0 fully saturated rings. The first-order valence-corrected chi connectivity index (χ1v) is 0. The van der Waals surface area contributed by atoms with E-state index in [1.807, 2.05) is 0 Å². The second-order valence-corrected chi connectivity index (χ2v) is 0. The smallest absolute Gasteiger partial charge is 2.00 e. The molecule has 0 aromatic heterocycles. The first-order valence-electron chi connectivity index (χ1n) is 0. The first kappa shape index (κ1) is 445. The van der Waals surface area contributed by atoms with Crippen LogP contribution in [0.25, 0.3) is 0 Å². The largest absolute Gasteiger partial charge is 3.00 e. The summed E-state index contributed by atoms with van der Waals surface area (Å²) in [5, 5.41) is 0. The van der Waals surface area contributed by atoms with Crippen molar-refractivity contribution in [2.75, 3.05) is 0 Å². The molecule has 0 saturated heterocycles. The minimum Gasteiger partial charge on any atom is -2.00 e. The number of hydrogen-bond donors (Lipinski definition) is 0. The third-order valence-corrected chi connectivity index (χ3v) is 0. The topological polar surface area (TPSA) is 200 Å². The second kappa shape index (κ2) is 362. The van der Waals surface area contributed by atoms with Gasteiger partial charge in [-0.3, -0.25) is 0 Å². The molecule has 13 heavy (non-hydrogen) atoms. The Morgan fingerprint density at radius 1 is 0.308 bits per heavy atom. The SMILES string of the molecule is [Fe+3].[Fe+3].[Mn+2].[Mn+2].[Ni+2].[Ni+2].[O-2].[O-2].[O-2].[O-2].[O-2].[O-2].[O-2]. The summed E-state index contributed by atoms with van der Waals surface area (Å²) >= 11 is 0. The Kier molecular flexibility index (Phi) is 12400. The summed E-state index contributed by atoms with van der Waals surface area (Å²) in [6.07, 6.45) is 0. The Morgan fingerprint density at radius 2 is 0.308 bits per heavy atom. The molecule has 0 rings (SSSR count). The quantitative estimate of drug-likeness (QED) is 0.414. The van der Waals surface area contributed by atoms with Crippen LogP contribution in [0.15, 0.2) is 0 Å². The number of rotatable bonds is 0. The van der Waals surface area contributed by atoms with Crippen LogP contribution in [-0.2, 0) is 140 Å². The molecule has 0 aliphatic rings. The average Bonchev–Trinajstić information content (AvgIpc) is 0. The van der Waals surface area contributed by atoms with Crippen molar-refractivity contribution in [3.63, 3.8) is 0 Å². The third kappa shape index (κ3) is 312. The Morgan fingerprint density at radius 3 is 0.308 bits per heavy atom. The van der Waals surface area contributed by atoms with Crippen LogP contribution >= 0.6 is 0 Å². The summed E-state index contributed by atoms with van der Waals surface area (Å²) < 4.78 is 0. The van der Waals surface area contributed by atoms with Crippen molar-refractivity contribution in [2.45, 2.75) is 0 Å².